The van der Waals surface area contributed by atoms with E-state index in [2.05, 4.69) is 0 Å². The molecular weight excluding hydrogens is 338 g/mol. The molecule has 0 bridgehead atoms. The number of aryl methyl sites for hydroxylation is 1. The van der Waals surface area contributed by atoms with Crippen LogP contribution in [0.25, 0.3) is 0 Å². The number of nitrogens with two attached hydrogens (primary N) is 2. The smallest absolute Gasteiger partial charge is 0.253 e. The van der Waals surface area contributed by atoms with Crippen LogP contribution in [-0.4, -0.2) is 38.9 Å². The maximum atomic E-state index is 12.6. The van der Waals surface area contributed by atoms with E-state index in [1.807, 2.05) is 0 Å². The van der Waals surface area contributed by atoms with Gasteiger partial charge in [0.2, 0.25) is 10.0 Å². The summed E-state index contributed by atoms with van der Waals surface area (Å²) in [7, 11) is -3.84. The van der Waals surface area contributed by atoms with Crippen LogP contribution in [0.4, 0.5) is 0 Å². The van der Waals surface area contributed by atoms with Gasteiger partial charge in [0, 0.05) is 18.7 Å². The van der Waals surface area contributed by atoms with Gasteiger partial charge in [0.25, 0.3) is 5.91 Å². The number of amides is 1. The zero-order valence-corrected chi connectivity index (χ0v) is 15.0. The lowest BCUT2D eigenvalue weighted by Gasteiger charge is -2.31. The Bertz CT molecular complexity index is 683. The first kappa shape index (κ1) is 19.9. The molecule has 0 aliphatic carbocycles. The van der Waals surface area contributed by atoms with Crippen LogP contribution in [0.1, 0.15) is 34.3 Å². The Hall–Kier alpha value is -1.15. The number of benzene rings is 1. The molecule has 1 saturated heterocycles. The van der Waals surface area contributed by atoms with Crippen molar-refractivity contribution in [2.45, 2.75) is 31.6 Å². The van der Waals surface area contributed by atoms with E-state index in [1.54, 1.807) is 24.8 Å². The summed E-state index contributed by atoms with van der Waals surface area (Å²) in [6.45, 7) is 5.41. The fourth-order valence-electron chi connectivity index (χ4n) is 2.80. The summed E-state index contributed by atoms with van der Waals surface area (Å²) in [5.41, 5.74) is 7.36. The summed E-state index contributed by atoms with van der Waals surface area (Å²) in [5.74, 6) is 0.312. The molecule has 0 atom stereocenters. The first-order valence-electron chi connectivity index (χ1n) is 7.37. The van der Waals surface area contributed by atoms with Gasteiger partial charge in [0.15, 0.2) is 0 Å². The van der Waals surface area contributed by atoms with Crippen LogP contribution in [0.2, 0.25) is 0 Å². The number of hydrogen-bond acceptors (Lipinski definition) is 4. The number of sulfonamides is 1. The van der Waals surface area contributed by atoms with Crippen LogP contribution < -0.4 is 10.9 Å². The van der Waals surface area contributed by atoms with E-state index >= 15 is 0 Å². The lowest BCUT2D eigenvalue weighted by Crippen LogP contribution is -2.40. The summed E-state index contributed by atoms with van der Waals surface area (Å²) in [4.78, 5) is 14.4. The van der Waals surface area contributed by atoms with Crippen LogP contribution in [-0.2, 0) is 10.0 Å². The highest BCUT2D eigenvalue weighted by Gasteiger charge is 2.24. The van der Waals surface area contributed by atoms with Gasteiger partial charge in [-0.1, -0.05) is 0 Å². The zero-order valence-electron chi connectivity index (χ0n) is 13.4. The molecule has 0 aromatic heterocycles. The summed E-state index contributed by atoms with van der Waals surface area (Å²) >= 11 is 0. The number of halogens is 1. The molecule has 1 amide bonds. The molecular formula is C15H24ClN3O3S. The van der Waals surface area contributed by atoms with Crippen molar-refractivity contribution in [3.8, 4) is 0 Å². The molecule has 4 N–H and O–H groups in total. The average Bonchev–Trinajstić information content (AvgIpc) is 2.48. The standard InChI is InChI=1S/C15H23N3O3S.ClH/c1-10-7-13(8-14(11(10)2)22(17,20)21)15(19)18-5-3-12(9-16)4-6-18;/h7-8,12H,3-6,9,16H2,1-2H3,(H2,17,20,21);1H. The molecule has 8 heteroatoms. The van der Waals surface area contributed by atoms with Gasteiger partial charge in [-0.05, 0) is 62.4 Å². The molecule has 2 rings (SSSR count). The van der Waals surface area contributed by atoms with E-state index in [1.165, 1.54) is 6.07 Å². The predicted molar refractivity (Wildman–Crippen MR) is 92.2 cm³/mol. The highest BCUT2D eigenvalue weighted by atomic mass is 35.5. The first-order valence-corrected chi connectivity index (χ1v) is 8.92. The minimum absolute atomic E-state index is 0. The van der Waals surface area contributed by atoms with Gasteiger partial charge in [0.05, 0.1) is 4.90 Å². The quantitative estimate of drug-likeness (QED) is 0.842. The molecule has 1 aromatic carbocycles. The second-order valence-corrected chi connectivity index (χ2v) is 7.46. The van der Waals surface area contributed by atoms with Gasteiger partial charge in [-0.3, -0.25) is 4.79 Å². The van der Waals surface area contributed by atoms with Crippen molar-refractivity contribution in [3.05, 3.63) is 28.8 Å². The lowest BCUT2D eigenvalue weighted by atomic mass is 9.96. The largest absolute Gasteiger partial charge is 0.339 e. The van der Waals surface area contributed by atoms with Gasteiger partial charge in [-0.2, -0.15) is 0 Å². The van der Waals surface area contributed by atoms with Gasteiger partial charge in [-0.15, -0.1) is 12.4 Å². The molecule has 130 valence electrons. The average molecular weight is 362 g/mol. The number of primary sulfonamides is 1. The number of carbonyl (C=O) groups excluding carboxylic acids is 1. The van der Waals surface area contributed by atoms with Crippen LogP contribution >= 0.6 is 12.4 Å². The molecule has 0 unspecified atom stereocenters. The third kappa shape index (κ3) is 4.44. The number of carbonyl (C=O) groups is 1. The SMILES string of the molecule is Cc1cc(C(=O)N2CCC(CN)CC2)cc(S(N)(=O)=O)c1C.Cl. The minimum Gasteiger partial charge on any atom is -0.339 e. The van der Waals surface area contributed by atoms with Crippen molar-refractivity contribution in [2.24, 2.45) is 16.8 Å². The van der Waals surface area contributed by atoms with Crippen LogP contribution in [0.5, 0.6) is 0 Å². The third-order valence-corrected chi connectivity index (χ3v) is 5.45. The lowest BCUT2D eigenvalue weighted by molar-refractivity contribution is 0.0693. The molecule has 0 spiro atoms. The Morgan fingerprint density at radius 1 is 1.26 bits per heavy atom. The molecule has 0 saturated carbocycles. The minimum atomic E-state index is -3.84. The Balaban J connectivity index is 0.00000264. The molecule has 0 radical (unpaired) electrons. The maximum absolute atomic E-state index is 12.6. The van der Waals surface area contributed by atoms with E-state index in [0.717, 1.165) is 18.4 Å². The zero-order chi connectivity index (χ0) is 16.5. The second-order valence-electron chi connectivity index (χ2n) is 5.93. The van der Waals surface area contributed by atoms with Crippen molar-refractivity contribution in [3.63, 3.8) is 0 Å². The Labute approximate surface area is 143 Å². The second kappa shape index (κ2) is 7.61. The predicted octanol–water partition coefficient (Wildman–Crippen LogP) is 1.18. The molecule has 1 heterocycles. The molecule has 1 aliphatic heterocycles. The maximum Gasteiger partial charge on any atom is 0.253 e. The molecule has 1 fully saturated rings. The summed E-state index contributed by atoms with van der Waals surface area (Å²) in [5, 5.41) is 5.24. The molecule has 6 nitrogen and oxygen atoms in total. The van der Waals surface area contributed by atoms with E-state index in [4.69, 9.17) is 10.9 Å². The number of likely N-dealkylation sites (tertiary alicyclic amines) is 1. The number of rotatable bonds is 3. The molecule has 1 aliphatic rings. The van der Waals surface area contributed by atoms with Crippen LogP contribution in [0.3, 0.4) is 0 Å². The number of nitrogens with zero attached hydrogens (tertiary/aromatic N) is 1. The van der Waals surface area contributed by atoms with Crippen molar-refractivity contribution < 1.29 is 13.2 Å². The summed E-state index contributed by atoms with van der Waals surface area (Å²) in [6.07, 6.45) is 1.77. The first-order chi connectivity index (χ1) is 10.2. The van der Waals surface area contributed by atoms with Crippen molar-refractivity contribution >= 4 is 28.3 Å². The monoisotopic (exact) mass is 361 g/mol. The number of hydrogen-bond donors (Lipinski definition) is 2. The highest BCUT2D eigenvalue weighted by Crippen LogP contribution is 2.23. The highest BCUT2D eigenvalue weighted by molar-refractivity contribution is 7.89. The van der Waals surface area contributed by atoms with Gasteiger partial charge >= 0.3 is 0 Å². The van der Waals surface area contributed by atoms with E-state index in [0.29, 0.717) is 36.7 Å². The molecule has 1 aromatic rings. The Morgan fingerprint density at radius 2 is 1.83 bits per heavy atom. The van der Waals surface area contributed by atoms with Crippen molar-refractivity contribution in [1.29, 1.82) is 0 Å². The fourth-order valence-corrected chi connectivity index (χ4v) is 3.68. The number of piperidine rings is 1. The normalized spacial score (nSPS) is 16.1. The van der Waals surface area contributed by atoms with Gasteiger partial charge in [0.1, 0.15) is 0 Å². The van der Waals surface area contributed by atoms with Crippen LogP contribution in [0.15, 0.2) is 17.0 Å². The van der Waals surface area contributed by atoms with E-state index in [-0.39, 0.29) is 23.2 Å². The van der Waals surface area contributed by atoms with Crippen molar-refractivity contribution in [2.75, 3.05) is 19.6 Å². The van der Waals surface area contributed by atoms with Gasteiger partial charge in [-0.25, -0.2) is 13.6 Å². The fraction of sp³-hybridized carbons (Fsp3) is 0.533. The summed E-state index contributed by atoms with van der Waals surface area (Å²) in [6, 6.07) is 3.11. The van der Waals surface area contributed by atoms with E-state index in [9.17, 15) is 13.2 Å². The Kier molecular flexibility index (Phi) is 6.59. The van der Waals surface area contributed by atoms with E-state index < -0.39 is 10.0 Å². The third-order valence-electron chi connectivity index (χ3n) is 4.41. The topological polar surface area (TPSA) is 106 Å². The Morgan fingerprint density at radius 3 is 2.30 bits per heavy atom. The van der Waals surface area contributed by atoms with Crippen molar-refractivity contribution in [1.82, 2.24) is 4.90 Å². The van der Waals surface area contributed by atoms with Gasteiger partial charge < -0.3 is 10.6 Å². The van der Waals surface area contributed by atoms with Crippen LogP contribution in [0, 0.1) is 19.8 Å². The summed E-state index contributed by atoms with van der Waals surface area (Å²) < 4.78 is 23.4. The molecule has 23 heavy (non-hydrogen) atoms.